The van der Waals surface area contributed by atoms with E-state index in [1.54, 1.807) is 30.3 Å². The highest BCUT2D eigenvalue weighted by atomic mass is 79.9. The Morgan fingerprint density at radius 3 is 2.79 bits per heavy atom. The molecular formula is C16H13BrClN3O3. The van der Waals surface area contributed by atoms with Crippen molar-refractivity contribution in [2.75, 3.05) is 6.54 Å². The van der Waals surface area contributed by atoms with Crippen LogP contribution in [0.2, 0.25) is 5.02 Å². The molecule has 0 spiro atoms. The van der Waals surface area contributed by atoms with Gasteiger partial charge in [-0.1, -0.05) is 33.6 Å². The number of nitrogens with zero attached hydrogens (tertiary/aromatic N) is 1. The predicted molar refractivity (Wildman–Crippen MR) is 95.3 cm³/mol. The van der Waals surface area contributed by atoms with Crippen LogP contribution in [0.15, 0.2) is 52.0 Å². The number of benzene rings is 2. The van der Waals surface area contributed by atoms with Crippen LogP contribution < -0.4 is 10.7 Å². The molecule has 0 heterocycles. The van der Waals surface area contributed by atoms with E-state index in [9.17, 15) is 14.7 Å². The van der Waals surface area contributed by atoms with E-state index in [2.05, 4.69) is 31.8 Å². The number of aromatic hydroxyl groups is 1. The third-order valence-electron chi connectivity index (χ3n) is 2.88. The lowest BCUT2D eigenvalue weighted by molar-refractivity contribution is -0.120. The van der Waals surface area contributed by atoms with Gasteiger partial charge in [-0.25, -0.2) is 5.43 Å². The molecule has 0 unspecified atom stereocenters. The van der Waals surface area contributed by atoms with Gasteiger partial charge >= 0.3 is 0 Å². The van der Waals surface area contributed by atoms with Gasteiger partial charge in [0.25, 0.3) is 11.8 Å². The number of rotatable bonds is 5. The zero-order chi connectivity index (χ0) is 17.5. The summed E-state index contributed by atoms with van der Waals surface area (Å²) in [6, 6.07) is 11.2. The van der Waals surface area contributed by atoms with E-state index in [-0.39, 0.29) is 12.3 Å². The Hall–Kier alpha value is -2.38. The molecule has 0 fully saturated rings. The molecule has 2 aromatic rings. The summed E-state index contributed by atoms with van der Waals surface area (Å²) in [5.41, 5.74) is 3.06. The summed E-state index contributed by atoms with van der Waals surface area (Å²) in [6.07, 6.45) is 1.30. The molecule has 0 aliphatic carbocycles. The Morgan fingerprint density at radius 2 is 2.04 bits per heavy atom. The second-order valence-electron chi connectivity index (χ2n) is 4.69. The lowest BCUT2D eigenvalue weighted by Gasteiger charge is -2.04. The van der Waals surface area contributed by atoms with Crippen molar-refractivity contribution in [2.24, 2.45) is 5.10 Å². The summed E-state index contributed by atoms with van der Waals surface area (Å²) < 4.78 is 0.766. The SMILES string of the molecule is O=C(CNC(=O)c1cccc(Cl)c1)N/N=C\c1cc(Br)ccc1O. The predicted octanol–water partition coefficient (Wildman–Crippen LogP) is 2.69. The molecule has 0 aliphatic heterocycles. The normalized spacial score (nSPS) is 10.6. The molecule has 8 heteroatoms. The molecular weight excluding hydrogens is 398 g/mol. The number of nitrogens with one attached hydrogen (secondary N) is 2. The van der Waals surface area contributed by atoms with Crippen LogP contribution >= 0.6 is 27.5 Å². The van der Waals surface area contributed by atoms with Gasteiger partial charge in [-0.3, -0.25) is 9.59 Å². The van der Waals surface area contributed by atoms with Gasteiger partial charge in [-0.2, -0.15) is 5.10 Å². The smallest absolute Gasteiger partial charge is 0.259 e. The zero-order valence-corrected chi connectivity index (χ0v) is 14.6. The fourth-order valence-corrected chi connectivity index (χ4v) is 2.30. The van der Waals surface area contributed by atoms with Gasteiger partial charge in [0.2, 0.25) is 0 Å². The van der Waals surface area contributed by atoms with Crippen molar-refractivity contribution < 1.29 is 14.7 Å². The van der Waals surface area contributed by atoms with Gasteiger partial charge in [0, 0.05) is 20.6 Å². The molecule has 0 radical (unpaired) electrons. The first-order valence-electron chi connectivity index (χ1n) is 6.80. The minimum atomic E-state index is -0.504. The second kappa shape index (κ2) is 8.47. The van der Waals surface area contributed by atoms with Gasteiger partial charge in [0.05, 0.1) is 12.8 Å². The van der Waals surface area contributed by atoms with E-state index in [1.807, 2.05) is 0 Å². The zero-order valence-electron chi connectivity index (χ0n) is 12.3. The minimum absolute atomic E-state index is 0.0328. The average Bonchev–Trinajstić information content (AvgIpc) is 2.56. The molecule has 0 atom stereocenters. The summed E-state index contributed by atoms with van der Waals surface area (Å²) >= 11 is 9.07. The van der Waals surface area contributed by atoms with Crippen LogP contribution in [0, 0.1) is 0 Å². The number of phenols is 1. The number of hydrogen-bond acceptors (Lipinski definition) is 4. The minimum Gasteiger partial charge on any atom is -0.507 e. The first-order valence-corrected chi connectivity index (χ1v) is 7.97. The molecule has 0 aliphatic rings. The maximum atomic E-state index is 11.9. The fraction of sp³-hybridized carbons (Fsp3) is 0.0625. The first-order chi connectivity index (χ1) is 11.5. The van der Waals surface area contributed by atoms with Crippen LogP contribution in [0.4, 0.5) is 0 Å². The summed E-state index contributed by atoms with van der Waals surface area (Å²) in [7, 11) is 0. The molecule has 0 saturated heterocycles. The van der Waals surface area contributed by atoms with E-state index < -0.39 is 11.8 Å². The number of phenolic OH excluding ortho intramolecular Hbond substituents is 1. The molecule has 24 heavy (non-hydrogen) atoms. The Kier molecular flexibility index (Phi) is 6.34. The summed E-state index contributed by atoms with van der Waals surface area (Å²) in [5.74, 6) is -0.886. The molecule has 124 valence electrons. The van der Waals surface area contributed by atoms with E-state index in [0.717, 1.165) is 4.47 Å². The Balaban J connectivity index is 1.84. The van der Waals surface area contributed by atoms with E-state index in [4.69, 9.17) is 11.6 Å². The van der Waals surface area contributed by atoms with Gasteiger partial charge in [0.1, 0.15) is 5.75 Å². The van der Waals surface area contributed by atoms with Crippen molar-refractivity contribution in [2.45, 2.75) is 0 Å². The Labute approximate surface area is 151 Å². The van der Waals surface area contributed by atoms with Crippen LogP contribution in [0.3, 0.4) is 0 Å². The maximum absolute atomic E-state index is 11.9. The van der Waals surface area contributed by atoms with Crippen molar-refractivity contribution in [1.29, 1.82) is 0 Å². The molecule has 0 aromatic heterocycles. The van der Waals surface area contributed by atoms with E-state index in [0.29, 0.717) is 16.1 Å². The molecule has 2 aromatic carbocycles. The van der Waals surface area contributed by atoms with Crippen molar-refractivity contribution >= 4 is 45.6 Å². The lowest BCUT2D eigenvalue weighted by atomic mass is 10.2. The van der Waals surface area contributed by atoms with Crippen molar-refractivity contribution in [3.05, 3.63) is 63.1 Å². The highest BCUT2D eigenvalue weighted by Crippen LogP contribution is 2.19. The quantitative estimate of drug-likeness (QED) is 0.523. The molecule has 2 rings (SSSR count). The molecule has 3 N–H and O–H groups in total. The van der Waals surface area contributed by atoms with Crippen LogP contribution in [0.5, 0.6) is 5.75 Å². The number of amides is 2. The third kappa shape index (κ3) is 5.36. The Bertz CT molecular complexity index is 796. The number of hydrogen-bond donors (Lipinski definition) is 3. The molecule has 0 bridgehead atoms. The standard InChI is InChI=1S/C16H13BrClN3O3/c17-12-4-5-14(22)11(6-12)8-20-21-15(23)9-19-16(24)10-2-1-3-13(18)7-10/h1-8,22H,9H2,(H,19,24)(H,21,23)/b20-8-. The van der Waals surface area contributed by atoms with Crippen molar-refractivity contribution in [3.8, 4) is 5.75 Å². The average molecular weight is 411 g/mol. The topological polar surface area (TPSA) is 90.8 Å². The largest absolute Gasteiger partial charge is 0.507 e. The van der Waals surface area contributed by atoms with Crippen LogP contribution in [-0.2, 0) is 4.79 Å². The van der Waals surface area contributed by atoms with E-state index in [1.165, 1.54) is 18.3 Å². The summed E-state index contributed by atoms with van der Waals surface area (Å²) in [5, 5.41) is 16.3. The first kappa shape index (κ1) is 18.0. The number of carbonyl (C=O) groups excluding carboxylic acids is 2. The fourth-order valence-electron chi connectivity index (χ4n) is 1.73. The highest BCUT2D eigenvalue weighted by molar-refractivity contribution is 9.10. The summed E-state index contributed by atoms with van der Waals surface area (Å²) in [4.78, 5) is 23.5. The van der Waals surface area contributed by atoms with Crippen LogP contribution in [0.1, 0.15) is 15.9 Å². The van der Waals surface area contributed by atoms with E-state index >= 15 is 0 Å². The van der Waals surface area contributed by atoms with Crippen LogP contribution in [-0.4, -0.2) is 29.7 Å². The molecule has 0 saturated carbocycles. The van der Waals surface area contributed by atoms with Gasteiger partial charge in [-0.05, 0) is 36.4 Å². The number of carbonyl (C=O) groups is 2. The van der Waals surface area contributed by atoms with Crippen molar-refractivity contribution in [1.82, 2.24) is 10.7 Å². The molecule has 6 nitrogen and oxygen atoms in total. The maximum Gasteiger partial charge on any atom is 0.259 e. The van der Waals surface area contributed by atoms with Gasteiger partial charge in [-0.15, -0.1) is 0 Å². The summed E-state index contributed by atoms with van der Waals surface area (Å²) in [6.45, 7) is -0.243. The van der Waals surface area contributed by atoms with Crippen molar-refractivity contribution in [3.63, 3.8) is 0 Å². The molecule has 2 amide bonds. The lowest BCUT2D eigenvalue weighted by Crippen LogP contribution is -2.34. The number of hydrazone groups is 1. The number of halogens is 2. The highest BCUT2D eigenvalue weighted by Gasteiger charge is 2.08. The van der Waals surface area contributed by atoms with Crippen LogP contribution in [0.25, 0.3) is 0 Å². The third-order valence-corrected chi connectivity index (χ3v) is 3.61. The second-order valence-corrected chi connectivity index (χ2v) is 6.04. The van der Waals surface area contributed by atoms with Gasteiger partial charge in [0.15, 0.2) is 0 Å². The monoisotopic (exact) mass is 409 g/mol. The Morgan fingerprint density at radius 1 is 1.25 bits per heavy atom. The van der Waals surface area contributed by atoms with Gasteiger partial charge < -0.3 is 10.4 Å².